The van der Waals surface area contributed by atoms with Crippen molar-refractivity contribution in [1.82, 2.24) is 19.4 Å². The Morgan fingerprint density at radius 1 is 1.05 bits per heavy atom. The van der Waals surface area contributed by atoms with Crippen molar-refractivity contribution in [3.8, 4) is 11.1 Å². The second-order valence-electron chi connectivity index (χ2n) is 11.2. The third-order valence-corrected chi connectivity index (χ3v) is 8.19. The summed E-state index contributed by atoms with van der Waals surface area (Å²) in [5, 5.41) is 0.638. The van der Waals surface area contributed by atoms with Crippen LogP contribution in [0.3, 0.4) is 0 Å². The van der Waals surface area contributed by atoms with Crippen LogP contribution in [0.2, 0.25) is 0 Å². The Morgan fingerprint density at radius 3 is 2.36 bits per heavy atom. The zero-order valence-corrected chi connectivity index (χ0v) is 24.0. The number of nitrogen functional groups attached to an aromatic ring is 1. The second-order valence-corrected chi connectivity index (χ2v) is 11.2. The SMILES string of the molecule is CN(C)C(=O)c1ccc(C2CCN(Cc3cc4c(-c5c(CC(F)F)cc(N)cc5C(F)F)ccnc4n3C)CC2)cc1. The average Bonchev–Trinajstić information content (AvgIpc) is 3.27. The van der Waals surface area contributed by atoms with Gasteiger partial charge in [-0.05, 0) is 90.5 Å². The molecule has 0 saturated carbocycles. The molecule has 2 aromatic heterocycles. The molecule has 10 heteroatoms. The van der Waals surface area contributed by atoms with Crippen molar-refractivity contribution >= 4 is 22.6 Å². The van der Waals surface area contributed by atoms with Gasteiger partial charge < -0.3 is 15.2 Å². The minimum atomic E-state index is -2.88. The summed E-state index contributed by atoms with van der Waals surface area (Å²) in [6, 6.07) is 13.9. The lowest BCUT2D eigenvalue weighted by Crippen LogP contribution is -2.33. The molecule has 0 spiro atoms. The molecular weight excluding hydrogens is 546 g/mol. The molecule has 1 fully saturated rings. The molecule has 1 saturated heterocycles. The highest BCUT2D eigenvalue weighted by Gasteiger charge is 2.25. The Balaban J connectivity index is 1.38. The van der Waals surface area contributed by atoms with Crippen molar-refractivity contribution < 1.29 is 22.4 Å². The number of likely N-dealkylation sites (tertiary alicyclic amines) is 1. The fraction of sp³-hybridized carbons (Fsp3) is 0.375. The van der Waals surface area contributed by atoms with Crippen LogP contribution in [0.1, 0.15) is 57.9 Å². The smallest absolute Gasteiger partial charge is 0.264 e. The number of anilines is 1. The molecule has 3 heterocycles. The number of rotatable bonds is 8. The Labute approximate surface area is 242 Å². The van der Waals surface area contributed by atoms with Gasteiger partial charge in [-0.15, -0.1) is 0 Å². The lowest BCUT2D eigenvalue weighted by atomic mass is 9.89. The third-order valence-electron chi connectivity index (χ3n) is 8.19. The molecule has 5 rings (SSSR count). The van der Waals surface area contributed by atoms with Gasteiger partial charge >= 0.3 is 0 Å². The van der Waals surface area contributed by atoms with Crippen LogP contribution in [0.4, 0.5) is 23.2 Å². The number of hydrogen-bond acceptors (Lipinski definition) is 4. The van der Waals surface area contributed by atoms with Crippen molar-refractivity contribution in [1.29, 1.82) is 0 Å². The van der Waals surface area contributed by atoms with Crippen LogP contribution >= 0.6 is 0 Å². The van der Waals surface area contributed by atoms with E-state index in [1.54, 1.807) is 25.1 Å². The Morgan fingerprint density at radius 2 is 1.74 bits per heavy atom. The molecule has 2 aromatic carbocycles. The predicted molar refractivity (Wildman–Crippen MR) is 157 cm³/mol. The van der Waals surface area contributed by atoms with Gasteiger partial charge in [0.05, 0.1) is 0 Å². The van der Waals surface area contributed by atoms with Crippen LogP contribution in [0.5, 0.6) is 0 Å². The van der Waals surface area contributed by atoms with Gasteiger partial charge in [0.25, 0.3) is 12.3 Å². The van der Waals surface area contributed by atoms with Gasteiger partial charge in [0.15, 0.2) is 0 Å². The van der Waals surface area contributed by atoms with Crippen molar-refractivity contribution in [2.24, 2.45) is 7.05 Å². The summed E-state index contributed by atoms with van der Waals surface area (Å²) >= 11 is 0. The molecule has 0 radical (unpaired) electrons. The number of piperidine rings is 1. The van der Waals surface area contributed by atoms with Gasteiger partial charge in [0.2, 0.25) is 6.43 Å². The number of hydrogen-bond donors (Lipinski definition) is 1. The largest absolute Gasteiger partial charge is 0.399 e. The van der Waals surface area contributed by atoms with E-state index in [0.717, 1.165) is 31.6 Å². The second kappa shape index (κ2) is 12.1. The molecule has 0 bridgehead atoms. The standard InChI is InChI=1S/C32H35F4N5O/c1-39(2)32(42)21-6-4-19(5-7-21)20-9-12-41(13-10-20)18-24-17-26-25(8-11-38-31(26)40(24)3)29-22(15-28(33)34)14-23(37)16-27(29)30(35)36/h4-8,11,14,16-17,20,28,30H,9-10,12-13,15,18,37H2,1-3H3. The maximum atomic E-state index is 14.2. The number of halogens is 4. The minimum absolute atomic E-state index is 0.0176. The van der Waals surface area contributed by atoms with Gasteiger partial charge in [0, 0.05) is 68.2 Å². The molecule has 1 aliphatic rings. The molecule has 1 amide bonds. The molecular formula is C32H35F4N5O. The molecule has 0 atom stereocenters. The summed E-state index contributed by atoms with van der Waals surface area (Å²) in [5.74, 6) is 0.382. The van der Waals surface area contributed by atoms with Gasteiger partial charge in [-0.2, -0.15) is 0 Å². The molecule has 2 N–H and O–H groups in total. The van der Waals surface area contributed by atoms with E-state index in [2.05, 4.69) is 9.88 Å². The monoisotopic (exact) mass is 581 g/mol. The van der Waals surface area contributed by atoms with Gasteiger partial charge in [0.1, 0.15) is 5.65 Å². The van der Waals surface area contributed by atoms with Crippen molar-refractivity contribution in [3.63, 3.8) is 0 Å². The number of carbonyl (C=O) groups excluding carboxylic acids is 1. The Kier molecular flexibility index (Phi) is 8.54. The first kappa shape index (κ1) is 29.6. The minimum Gasteiger partial charge on any atom is -0.399 e. The summed E-state index contributed by atoms with van der Waals surface area (Å²) in [5.41, 5.74) is 9.60. The van der Waals surface area contributed by atoms with Crippen LogP contribution in [-0.4, -0.2) is 58.9 Å². The third kappa shape index (κ3) is 5.99. The van der Waals surface area contributed by atoms with Crippen LogP contribution in [0, 0.1) is 0 Å². The molecule has 1 aliphatic heterocycles. The number of carbonyl (C=O) groups is 1. The van der Waals surface area contributed by atoms with Crippen LogP contribution in [0.15, 0.2) is 54.7 Å². The highest BCUT2D eigenvalue weighted by molar-refractivity contribution is 5.96. The summed E-state index contributed by atoms with van der Waals surface area (Å²) in [6.45, 7) is 2.39. The summed E-state index contributed by atoms with van der Waals surface area (Å²) in [7, 11) is 5.36. The molecule has 42 heavy (non-hydrogen) atoms. The predicted octanol–water partition coefficient (Wildman–Crippen LogP) is 6.65. The lowest BCUT2D eigenvalue weighted by Gasteiger charge is -2.32. The number of fused-ring (bicyclic) bond motifs is 1. The first-order valence-electron chi connectivity index (χ1n) is 14.0. The first-order valence-corrected chi connectivity index (χ1v) is 14.0. The lowest BCUT2D eigenvalue weighted by molar-refractivity contribution is 0.0827. The maximum Gasteiger partial charge on any atom is 0.264 e. The number of pyridine rings is 1. The van der Waals surface area contributed by atoms with E-state index in [4.69, 9.17) is 5.73 Å². The van der Waals surface area contributed by atoms with Crippen LogP contribution < -0.4 is 5.73 Å². The van der Waals surface area contributed by atoms with E-state index in [9.17, 15) is 22.4 Å². The molecule has 222 valence electrons. The summed E-state index contributed by atoms with van der Waals surface area (Å²) < 4.78 is 57.2. The highest BCUT2D eigenvalue weighted by atomic mass is 19.3. The maximum absolute atomic E-state index is 14.2. The molecule has 4 aromatic rings. The average molecular weight is 582 g/mol. The van der Waals surface area contributed by atoms with E-state index in [1.165, 1.54) is 23.9 Å². The van der Waals surface area contributed by atoms with Crippen molar-refractivity contribution in [3.05, 3.63) is 82.7 Å². The summed E-state index contributed by atoms with van der Waals surface area (Å²) in [4.78, 5) is 20.6. The van der Waals surface area contributed by atoms with Crippen LogP contribution in [0.25, 0.3) is 22.2 Å². The normalized spacial score (nSPS) is 14.8. The Hall–Kier alpha value is -3.92. The van der Waals surface area contributed by atoms with Gasteiger partial charge in [-0.1, -0.05) is 12.1 Å². The fourth-order valence-corrected chi connectivity index (χ4v) is 6.03. The van der Waals surface area contributed by atoms with Gasteiger partial charge in [-0.3, -0.25) is 9.69 Å². The van der Waals surface area contributed by atoms with E-state index < -0.39 is 19.3 Å². The van der Waals surface area contributed by atoms with E-state index in [-0.39, 0.29) is 28.3 Å². The van der Waals surface area contributed by atoms with Crippen LogP contribution in [-0.2, 0) is 20.0 Å². The number of benzene rings is 2. The van der Waals surface area contributed by atoms with Crippen molar-refractivity contribution in [2.45, 2.75) is 44.6 Å². The number of nitrogens with two attached hydrogens (primary N) is 1. The molecule has 0 aliphatic carbocycles. The number of aryl methyl sites for hydroxylation is 1. The van der Waals surface area contributed by atoms with E-state index in [0.29, 0.717) is 34.6 Å². The number of nitrogens with zero attached hydrogens (tertiary/aromatic N) is 4. The topological polar surface area (TPSA) is 67.4 Å². The first-order chi connectivity index (χ1) is 20.0. The Bertz CT molecular complexity index is 1570. The summed E-state index contributed by atoms with van der Waals surface area (Å²) in [6.07, 6.45) is -2.79. The van der Waals surface area contributed by atoms with E-state index in [1.807, 2.05) is 41.9 Å². The number of aromatic nitrogens is 2. The zero-order chi connectivity index (χ0) is 30.1. The fourth-order valence-electron chi connectivity index (χ4n) is 6.03. The van der Waals surface area contributed by atoms with E-state index >= 15 is 0 Å². The number of amides is 1. The zero-order valence-electron chi connectivity index (χ0n) is 24.0. The molecule has 6 nitrogen and oxygen atoms in total. The highest BCUT2D eigenvalue weighted by Crippen LogP contribution is 2.40. The van der Waals surface area contributed by atoms with Crippen molar-refractivity contribution in [2.75, 3.05) is 32.9 Å². The van der Waals surface area contributed by atoms with Gasteiger partial charge in [-0.25, -0.2) is 22.5 Å². The number of alkyl halides is 4. The molecule has 0 unspecified atom stereocenters. The quantitative estimate of drug-likeness (QED) is 0.187.